The van der Waals surface area contributed by atoms with Crippen LogP contribution < -0.4 is 0 Å². The highest BCUT2D eigenvalue weighted by molar-refractivity contribution is 6.22. The molecular weight excluding hydrogens is 761 g/mol. The molecule has 0 saturated heterocycles. The van der Waals surface area contributed by atoms with E-state index in [0.717, 1.165) is 68.0 Å². The van der Waals surface area contributed by atoms with Gasteiger partial charge in [-0.2, -0.15) is 0 Å². The molecule has 6 heterocycles. The SMILES string of the molecule is C1=Cc2c(c3ccc4c(c5ccccc5n4-c4ncc5nc(-n6c7ccccc7c7cc8c(cc76)c6ccccc6n8-c6ccccc6)ncc5n4)c3n2-c2ccccc2)CC1. The van der Waals surface area contributed by atoms with Crippen LogP contribution in [0.4, 0.5) is 0 Å². The van der Waals surface area contributed by atoms with Crippen LogP contribution in [0.3, 0.4) is 0 Å². The summed E-state index contributed by atoms with van der Waals surface area (Å²) in [5.74, 6) is 1.15. The zero-order chi connectivity index (χ0) is 40.5. The van der Waals surface area contributed by atoms with Crippen molar-refractivity contribution in [2.45, 2.75) is 12.8 Å². The number of para-hydroxylation sites is 5. The average Bonchev–Trinajstić information content (AvgIpc) is 4.06. The highest BCUT2D eigenvalue weighted by Gasteiger charge is 2.25. The number of allylic oxidation sites excluding steroid dienone is 1. The fraction of sp³-hybridized carbons (Fsp3) is 0.0370. The first-order valence-corrected chi connectivity index (χ1v) is 21.1. The Kier molecular flexibility index (Phi) is 6.79. The van der Waals surface area contributed by atoms with Crippen molar-refractivity contribution in [1.82, 2.24) is 38.2 Å². The van der Waals surface area contributed by atoms with E-state index in [9.17, 15) is 0 Å². The van der Waals surface area contributed by atoms with Crippen molar-refractivity contribution in [2.24, 2.45) is 0 Å². The van der Waals surface area contributed by atoms with Crippen LogP contribution >= 0.6 is 0 Å². The molecule has 8 heteroatoms. The summed E-state index contributed by atoms with van der Waals surface area (Å²) in [6, 6.07) is 56.2. The molecular formula is C54H34N8. The second-order valence-corrected chi connectivity index (χ2v) is 16.2. The Morgan fingerprint density at radius 3 is 1.56 bits per heavy atom. The molecule has 0 aliphatic heterocycles. The van der Waals surface area contributed by atoms with Gasteiger partial charge in [-0.15, -0.1) is 0 Å². The minimum absolute atomic E-state index is 0.574. The zero-order valence-corrected chi connectivity index (χ0v) is 33.3. The Morgan fingerprint density at radius 2 is 0.919 bits per heavy atom. The van der Waals surface area contributed by atoms with Crippen LogP contribution in [0.1, 0.15) is 17.7 Å². The molecule has 0 radical (unpaired) electrons. The number of aryl methyl sites for hydroxylation is 1. The van der Waals surface area contributed by atoms with Crippen LogP contribution in [0.2, 0.25) is 0 Å². The van der Waals surface area contributed by atoms with E-state index in [1.165, 1.54) is 43.8 Å². The topological polar surface area (TPSA) is 71.3 Å². The summed E-state index contributed by atoms with van der Waals surface area (Å²) >= 11 is 0. The number of hydrogen-bond donors (Lipinski definition) is 0. The number of fused-ring (bicyclic) bond motifs is 14. The molecule has 290 valence electrons. The number of benzene rings is 7. The Balaban J connectivity index is 0.967. The Labute approximate surface area is 353 Å². The summed E-state index contributed by atoms with van der Waals surface area (Å²) < 4.78 is 9.18. The second kappa shape index (κ2) is 12.6. The fourth-order valence-electron chi connectivity index (χ4n) is 10.4. The maximum Gasteiger partial charge on any atom is 0.235 e. The number of rotatable bonds is 4. The molecule has 7 aromatic carbocycles. The van der Waals surface area contributed by atoms with Crippen LogP contribution in [0.5, 0.6) is 0 Å². The third-order valence-corrected chi connectivity index (χ3v) is 12.9. The monoisotopic (exact) mass is 794 g/mol. The maximum absolute atomic E-state index is 5.19. The van der Waals surface area contributed by atoms with E-state index in [2.05, 4.69) is 188 Å². The van der Waals surface area contributed by atoms with Gasteiger partial charge in [-0.1, -0.05) is 103 Å². The summed E-state index contributed by atoms with van der Waals surface area (Å²) in [6.07, 6.45) is 10.3. The van der Waals surface area contributed by atoms with E-state index >= 15 is 0 Å². The predicted molar refractivity (Wildman–Crippen MR) is 252 cm³/mol. The molecule has 0 spiro atoms. The summed E-state index contributed by atoms with van der Waals surface area (Å²) in [5, 5.41) is 8.28. The van der Waals surface area contributed by atoms with Gasteiger partial charge < -0.3 is 9.13 Å². The van der Waals surface area contributed by atoms with Crippen LogP contribution in [0.25, 0.3) is 117 Å². The van der Waals surface area contributed by atoms with Gasteiger partial charge in [0.15, 0.2) is 0 Å². The van der Waals surface area contributed by atoms with Crippen LogP contribution in [-0.2, 0) is 6.42 Å². The molecule has 0 atom stereocenters. The zero-order valence-electron chi connectivity index (χ0n) is 33.3. The first-order chi connectivity index (χ1) is 30.8. The van der Waals surface area contributed by atoms with Gasteiger partial charge in [-0.3, -0.25) is 9.13 Å². The number of aromatic nitrogens is 8. The van der Waals surface area contributed by atoms with Crippen LogP contribution in [0, 0.1) is 0 Å². The summed E-state index contributed by atoms with van der Waals surface area (Å²) in [7, 11) is 0. The molecule has 1 aliphatic carbocycles. The smallest absolute Gasteiger partial charge is 0.235 e. The molecule has 0 N–H and O–H groups in total. The van der Waals surface area contributed by atoms with Gasteiger partial charge in [-0.25, -0.2) is 19.9 Å². The largest absolute Gasteiger partial charge is 0.309 e. The third kappa shape index (κ3) is 4.55. The van der Waals surface area contributed by atoms with Gasteiger partial charge in [0.1, 0.15) is 11.0 Å². The van der Waals surface area contributed by atoms with Crippen molar-refractivity contribution in [3.8, 4) is 23.3 Å². The highest BCUT2D eigenvalue weighted by atomic mass is 15.2. The summed E-state index contributed by atoms with van der Waals surface area (Å²) in [4.78, 5) is 20.5. The standard InChI is InChI=1S/C54H34N8/c1-3-15-33(16-4-1)59-44-23-11-8-20-36(44)40-30-50-41(29-49(40)59)37-21-9-13-25-46(37)62(50)54-56-32-42-43(58-54)31-55-53(57-42)61-47-26-14-10-22-39(47)51-48(61)28-27-38-35-19-7-12-24-45(35)60(52(38)51)34-17-5-2-6-18-34/h1-6,8-18,20-32H,7,19H2. The Hall–Kier alpha value is -8.36. The number of nitrogens with zero attached hydrogens (tertiary/aromatic N) is 8. The molecule has 62 heavy (non-hydrogen) atoms. The van der Waals surface area contributed by atoms with Gasteiger partial charge in [0, 0.05) is 54.8 Å². The average molecular weight is 795 g/mol. The molecule has 0 saturated carbocycles. The van der Waals surface area contributed by atoms with Gasteiger partial charge >= 0.3 is 0 Å². The minimum atomic E-state index is 0.574. The lowest BCUT2D eigenvalue weighted by atomic mass is 10.00. The van der Waals surface area contributed by atoms with Gasteiger partial charge in [0.25, 0.3) is 0 Å². The van der Waals surface area contributed by atoms with Gasteiger partial charge in [-0.05, 0) is 85.1 Å². The van der Waals surface area contributed by atoms with E-state index < -0.39 is 0 Å². The summed E-state index contributed by atoms with van der Waals surface area (Å²) in [6.45, 7) is 0. The van der Waals surface area contributed by atoms with Gasteiger partial charge in [0.05, 0.1) is 51.0 Å². The lowest BCUT2D eigenvalue weighted by Crippen LogP contribution is -2.05. The van der Waals surface area contributed by atoms with Crippen molar-refractivity contribution in [3.63, 3.8) is 0 Å². The van der Waals surface area contributed by atoms with E-state index in [0.29, 0.717) is 22.9 Å². The van der Waals surface area contributed by atoms with Crippen molar-refractivity contribution < 1.29 is 0 Å². The summed E-state index contributed by atoms with van der Waals surface area (Å²) in [5.41, 5.74) is 14.0. The molecule has 0 fully saturated rings. The molecule has 13 aromatic rings. The van der Waals surface area contributed by atoms with Crippen molar-refractivity contribution in [1.29, 1.82) is 0 Å². The van der Waals surface area contributed by atoms with Crippen molar-refractivity contribution in [2.75, 3.05) is 0 Å². The minimum Gasteiger partial charge on any atom is -0.309 e. The number of hydrogen-bond acceptors (Lipinski definition) is 4. The lowest BCUT2D eigenvalue weighted by Gasteiger charge is -2.12. The first-order valence-electron chi connectivity index (χ1n) is 21.1. The van der Waals surface area contributed by atoms with Crippen molar-refractivity contribution in [3.05, 3.63) is 187 Å². The Morgan fingerprint density at radius 1 is 0.403 bits per heavy atom. The third-order valence-electron chi connectivity index (χ3n) is 12.9. The van der Waals surface area contributed by atoms with E-state index in [1.807, 2.05) is 12.4 Å². The van der Waals surface area contributed by atoms with E-state index in [1.54, 1.807) is 0 Å². The normalized spacial score (nSPS) is 13.0. The molecule has 14 rings (SSSR count). The fourth-order valence-corrected chi connectivity index (χ4v) is 10.4. The molecule has 0 amide bonds. The van der Waals surface area contributed by atoms with Crippen LogP contribution in [0.15, 0.2) is 176 Å². The molecule has 1 aliphatic rings. The maximum atomic E-state index is 5.19. The molecule has 0 unspecified atom stereocenters. The quantitative estimate of drug-likeness (QED) is 0.178. The van der Waals surface area contributed by atoms with E-state index in [4.69, 9.17) is 19.9 Å². The Bertz CT molecular complexity index is 4030. The lowest BCUT2D eigenvalue weighted by molar-refractivity contribution is 0.968. The van der Waals surface area contributed by atoms with Crippen LogP contribution in [-0.4, -0.2) is 38.2 Å². The molecule has 0 bridgehead atoms. The first kappa shape index (κ1) is 33.5. The molecule has 6 aromatic heterocycles. The molecule has 8 nitrogen and oxygen atoms in total. The van der Waals surface area contributed by atoms with Gasteiger partial charge in [0.2, 0.25) is 11.9 Å². The van der Waals surface area contributed by atoms with Crippen molar-refractivity contribution >= 4 is 93.4 Å². The highest BCUT2D eigenvalue weighted by Crippen LogP contribution is 2.43. The van der Waals surface area contributed by atoms with E-state index in [-0.39, 0.29) is 0 Å². The second-order valence-electron chi connectivity index (χ2n) is 16.2. The predicted octanol–water partition coefficient (Wildman–Crippen LogP) is 12.6.